The normalized spacial score (nSPS) is 15.7. The summed E-state index contributed by atoms with van der Waals surface area (Å²) in [5.41, 5.74) is 0.0201. The fraction of sp³-hybridized carbons (Fsp3) is 0.259. The molecular formula is C27H24F3N5O4. The summed E-state index contributed by atoms with van der Waals surface area (Å²) in [4.78, 5) is 30.9. The Morgan fingerprint density at radius 2 is 1.90 bits per heavy atom. The quantitative estimate of drug-likeness (QED) is 0.373. The van der Waals surface area contributed by atoms with Gasteiger partial charge in [0.05, 0.1) is 42.2 Å². The van der Waals surface area contributed by atoms with E-state index in [4.69, 9.17) is 4.42 Å². The number of nitrogens with one attached hydrogen (secondary N) is 1. The number of aryl methyl sites for hydroxylation is 1. The lowest BCUT2D eigenvalue weighted by Crippen LogP contribution is -2.29. The summed E-state index contributed by atoms with van der Waals surface area (Å²) in [5.74, 6) is 0.0556. The minimum Gasteiger partial charge on any atom is -0.444 e. The Bertz CT molecular complexity index is 1600. The lowest BCUT2D eigenvalue weighted by Gasteiger charge is -2.21. The van der Waals surface area contributed by atoms with Crippen LogP contribution in [0.3, 0.4) is 0 Å². The van der Waals surface area contributed by atoms with E-state index in [1.165, 1.54) is 23.6 Å². The number of rotatable bonds is 6. The van der Waals surface area contributed by atoms with Gasteiger partial charge in [-0.05, 0) is 61.9 Å². The molecule has 4 aromatic rings. The molecule has 1 atom stereocenters. The van der Waals surface area contributed by atoms with Crippen LogP contribution in [0.2, 0.25) is 0 Å². The van der Waals surface area contributed by atoms with Crippen LogP contribution in [0.5, 0.6) is 0 Å². The largest absolute Gasteiger partial charge is 0.444 e. The third kappa shape index (κ3) is 5.15. The van der Waals surface area contributed by atoms with Crippen molar-refractivity contribution in [1.82, 2.24) is 14.8 Å². The summed E-state index contributed by atoms with van der Waals surface area (Å²) in [6.07, 6.45) is -3.08. The molecule has 1 aliphatic heterocycles. The monoisotopic (exact) mass is 539 g/mol. The number of carbonyl (C=O) groups excluding carboxylic acids is 1. The van der Waals surface area contributed by atoms with Gasteiger partial charge in [0.2, 0.25) is 5.91 Å². The summed E-state index contributed by atoms with van der Waals surface area (Å²) in [6.45, 7) is 3.87. The number of amides is 1. The van der Waals surface area contributed by atoms with Crippen LogP contribution in [0.15, 0.2) is 64.3 Å². The molecule has 0 bridgehead atoms. The predicted molar refractivity (Wildman–Crippen MR) is 138 cm³/mol. The van der Waals surface area contributed by atoms with Gasteiger partial charge in [-0.15, -0.1) is 0 Å². The van der Waals surface area contributed by atoms with E-state index in [0.29, 0.717) is 28.1 Å². The van der Waals surface area contributed by atoms with Gasteiger partial charge < -0.3 is 19.7 Å². The smallest absolute Gasteiger partial charge is 0.418 e. The maximum atomic E-state index is 14.2. The number of benzene rings is 2. The molecule has 9 nitrogen and oxygen atoms in total. The lowest BCUT2D eigenvalue weighted by atomic mass is 10.0. The second kappa shape index (κ2) is 10.0. The van der Waals surface area contributed by atoms with Gasteiger partial charge in [-0.2, -0.15) is 23.0 Å². The standard InChI is InChI=1S/C27H24F3N5O4/c1-3-32-22-11-21(16-6-15(2)7-17(8-16)24-12-31-14-39-24)33-35(26(22)38)23-9-18(4-5-20(23)27(28,29)30)34-13-19(36)10-25(34)37/h4-9,11-12,14,19,32,36H,3,10,13H2,1-2H3. The van der Waals surface area contributed by atoms with Crippen LogP contribution in [0.4, 0.5) is 24.5 Å². The Hall–Kier alpha value is -4.45. The Balaban J connectivity index is 1.73. The van der Waals surface area contributed by atoms with Crippen LogP contribution >= 0.6 is 0 Å². The van der Waals surface area contributed by atoms with Crippen molar-refractivity contribution in [1.29, 1.82) is 0 Å². The Morgan fingerprint density at radius 3 is 2.54 bits per heavy atom. The first kappa shape index (κ1) is 26.2. The number of nitrogens with zero attached hydrogens (tertiary/aromatic N) is 4. The van der Waals surface area contributed by atoms with Crippen molar-refractivity contribution in [2.75, 3.05) is 23.3 Å². The van der Waals surface area contributed by atoms with Crippen molar-refractivity contribution in [2.45, 2.75) is 32.5 Å². The number of oxazole rings is 1. The lowest BCUT2D eigenvalue weighted by molar-refractivity contribution is -0.137. The van der Waals surface area contributed by atoms with Crippen molar-refractivity contribution in [3.8, 4) is 28.3 Å². The van der Waals surface area contributed by atoms with Crippen molar-refractivity contribution >= 4 is 17.3 Å². The molecule has 1 fully saturated rings. The van der Waals surface area contributed by atoms with Crippen LogP contribution < -0.4 is 15.8 Å². The molecule has 2 N–H and O–H groups in total. The molecule has 5 rings (SSSR count). The molecule has 39 heavy (non-hydrogen) atoms. The summed E-state index contributed by atoms with van der Waals surface area (Å²) >= 11 is 0. The van der Waals surface area contributed by atoms with Crippen LogP contribution in [-0.4, -0.2) is 45.0 Å². The molecule has 1 amide bonds. The molecule has 0 aliphatic carbocycles. The molecule has 202 valence electrons. The SMILES string of the molecule is CCNc1cc(-c2cc(C)cc(-c3cnco3)c2)nn(-c2cc(N3CC(O)CC3=O)ccc2C(F)(F)F)c1=O. The van der Waals surface area contributed by atoms with Gasteiger partial charge in [-0.25, -0.2) is 4.98 Å². The third-order valence-corrected chi connectivity index (χ3v) is 6.30. The molecule has 12 heteroatoms. The number of alkyl halides is 3. The van der Waals surface area contributed by atoms with Gasteiger partial charge in [0.15, 0.2) is 12.2 Å². The summed E-state index contributed by atoms with van der Waals surface area (Å²) < 4.78 is 48.6. The Labute approximate surface area is 220 Å². The molecule has 1 aliphatic rings. The predicted octanol–water partition coefficient (Wildman–Crippen LogP) is 4.41. The number of hydrogen-bond donors (Lipinski definition) is 2. The number of β-amino-alcohol motifs (C(OH)–C–C–N with tert-alkyl or cyclic N) is 1. The van der Waals surface area contributed by atoms with Crippen LogP contribution in [0.1, 0.15) is 24.5 Å². The fourth-order valence-corrected chi connectivity index (χ4v) is 4.59. The minimum atomic E-state index is -4.82. The summed E-state index contributed by atoms with van der Waals surface area (Å²) in [6, 6.07) is 9.93. The van der Waals surface area contributed by atoms with E-state index in [0.717, 1.165) is 23.8 Å². The highest BCUT2D eigenvalue weighted by Gasteiger charge is 2.36. The fourth-order valence-electron chi connectivity index (χ4n) is 4.59. The first-order valence-electron chi connectivity index (χ1n) is 12.1. The van der Waals surface area contributed by atoms with Crippen molar-refractivity contribution in [2.24, 2.45) is 0 Å². The van der Waals surface area contributed by atoms with E-state index < -0.39 is 35.0 Å². The molecule has 0 saturated carbocycles. The van der Waals surface area contributed by atoms with Crippen molar-refractivity contribution in [3.05, 3.63) is 76.5 Å². The molecule has 2 aromatic carbocycles. The van der Waals surface area contributed by atoms with Gasteiger partial charge in [0.25, 0.3) is 5.56 Å². The first-order chi connectivity index (χ1) is 18.5. The van der Waals surface area contributed by atoms with Gasteiger partial charge >= 0.3 is 6.18 Å². The zero-order valence-corrected chi connectivity index (χ0v) is 21.0. The number of aliphatic hydroxyl groups is 1. The average molecular weight is 540 g/mol. The topological polar surface area (TPSA) is 113 Å². The highest BCUT2D eigenvalue weighted by molar-refractivity contribution is 5.96. The van der Waals surface area contributed by atoms with Crippen molar-refractivity contribution < 1.29 is 27.5 Å². The number of aliphatic hydroxyl groups excluding tert-OH is 1. The molecule has 2 aromatic heterocycles. The molecule has 1 saturated heterocycles. The Kier molecular flexibility index (Phi) is 6.73. The van der Waals surface area contributed by atoms with Gasteiger partial charge in [-0.3, -0.25) is 9.59 Å². The zero-order chi connectivity index (χ0) is 27.9. The van der Waals surface area contributed by atoms with Crippen LogP contribution in [0.25, 0.3) is 28.3 Å². The van der Waals surface area contributed by atoms with E-state index in [1.807, 2.05) is 13.0 Å². The third-order valence-electron chi connectivity index (χ3n) is 6.30. The van der Waals surface area contributed by atoms with E-state index >= 15 is 0 Å². The minimum absolute atomic E-state index is 0.0522. The Morgan fingerprint density at radius 1 is 1.13 bits per heavy atom. The number of anilines is 2. The summed E-state index contributed by atoms with van der Waals surface area (Å²) in [7, 11) is 0. The van der Waals surface area contributed by atoms with E-state index in [-0.39, 0.29) is 30.0 Å². The average Bonchev–Trinajstić information content (AvgIpc) is 3.54. The van der Waals surface area contributed by atoms with Gasteiger partial charge in [-0.1, -0.05) is 0 Å². The van der Waals surface area contributed by atoms with E-state index in [9.17, 15) is 27.9 Å². The first-order valence-corrected chi connectivity index (χ1v) is 12.1. The number of halogens is 3. The summed E-state index contributed by atoms with van der Waals surface area (Å²) in [5, 5.41) is 17.2. The highest BCUT2D eigenvalue weighted by Crippen LogP contribution is 2.37. The van der Waals surface area contributed by atoms with E-state index in [1.54, 1.807) is 19.1 Å². The molecule has 1 unspecified atom stereocenters. The second-order valence-electron chi connectivity index (χ2n) is 9.21. The molecular weight excluding hydrogens is 515 g/mol. The zero-order valence-electron chi connectivity index (χ0n) is 21.0. The highest BCUT2D eigenvalue weighted by atomic mass is 19.4. The van der Waals surface area contributed by atoms with Gasteiger partial charge in [0, 0.05) is 23.4 Å². The van der Waals surface area contributed by atoms with Gasteiger partial charge in [0.1, 0.15) is 5.69 Å². The number of hydrogen-bond acceptors (Lipinski definition) is 7. The molecule has 0 radical (unpaired) electrons. The second-order valence-corrected chi connectivity index (χ2v) is 9.21. The molecule has 3 heterocycles. The van der Waals surface area contributed by atoms with E-state index in [2.05, 4.69) is 15.4 Å². The number of aromatic nitrogens is 3. The number of carbonyl (C=O) groups is 1. The molecule has 0 spiro atoms. The maximum absolute atomic E-state index is 14.2. The maximum Gasteiger partial charge on any atom is 0.418 e. The van der Waals surface area contributed by atoms with Crippen LogP contribution in [0, 0.1) is 6.92 Å². The van der Waals surface area contributed by atoms with Crippen molar-refractivity contribution in [3.63, 3.8) is 0 Å². The van der Waals surface area contributed by atoms with Crippen LogP contribution in [-0.2, 0) is 11.0 Å².